The topological polar surface area (TPSA) is 46.1 Å². The van der Waals surface area contributed by atoms with Crippen molar-refractivity contribution in [2.45, 2.75) is 13.0 Å². The summed E-state index contributed by atoms with van der Waals surface area (Å²) in [4.78, 5) is 23.4. The Morgan fingerprint density at radius 2 is 2.35 bits per heavy atom. The fourth-order valence-corrected chi connectivity index (χ4v) is 2.88. The monoisotopic (exact) mass is 245 g/mol. The van der Waals surface area contributed by atoms with Crippen LogP contribution < -0.4 is 0 Å². The van der Waals surface area contributed by atoms with Gasteiger partial charge in [-0.05, 0) is 23.4 Å². The van der Waals surface area contributed by atoms with Crippen molar-refractivity contribution >= 4 is 17.2 Å². The van der Waals surface area contributed by atoms with Crippen molar-refractivity contribution < 1.29 is 4.79 Å². The van der Waals surface area contributed by atoms with Crippen molar-refractivity contribution in [3.63, 3.8) is 0 Å². The Morgan fingerprint density at radius 3 is 3.18 bits per heavy atom. The molecule has 1 aliphatic heterocycles. The number of hydrogen-bond acceptors (Lipinski definition) is 4. The molecule has 3 heterocycles. The minimum atomic E-state index is -0.0325. The van der Waals surface area contributed by atoms with E-state index in [1.807, 2.05) is 4.90 Å². The summed E-state index contributed by atoms with van der Waals surface area (Å²) in [6, 6.07) is 2.09. The standard InChI is InChI=1S/C12H11N3OS/c16-12(10-7-13-3-4-14-10)15-5-1-11-9(8-15)2-6-17-11/h2-4,6-7H,1,5,8H2. The van der Waals surface area contributed by atoms with Crippen LogP contribution in [0.25, 0.3) is 0 Å². The Balaban J connectivity index is 1.81. The molecule has 0 spiro atoms. The molecule has 2 aromatic heterocycles. The average Bonchev–Trinajstić information content (AvgIpc) is 2.86. The van der Waals surface area contributed by atoms with E-state index in [0.29, 0.717) is 12.2 Å². The van der Waals surface area contributed by atoms with Gasteiger partial charge in [-0.1, -0.05) is 0 Å². The Bertz CT molecular complexity index is 538. The number of hydrogen-bond donors (Lipinski definition) is 0. The third-order valence-electron chi connectivity index (χ3n) is 2.88. The molecule has 2 aromatic rings. The number of aromatic nitrogens is 2. The van der Waals surface area contributed by atoms with Crippen LogP contribution in [0.3, 0.4) is 0 Å². The summed E-state index contributed by atoms with van der Waals surface area (Å²) in [6.45, 7) is 1.46. The van der Waals surface area contributed by atoms with E-state index in [2.05, 4.69) is 21.4 Å². The van der Waals surface area contributed by atoms with Crippen molar-refractivity contribution in [3.8, 4) is 0 Å². The summed E-state index contributed by atoms with van der Waals surface area (Å²) >= 11 is 1.77. The van der Waals surface area contributed by atoms with Crippen LogP contribution in [0.2, 0.25) is 0 Å². The van der Waals surface area contributed by atoms with Gasteiger partial charge >= 0.3 is 0 Å². The average molecular weight is 245 g/mol. The molecule has 0 aliphatic carbocycles. The zero-order valence-corrected chi connectivity index (χ0v) is 9.98. The molecular formula is C12H11N3OS. The first-order valence-electron chi connectivity index (χ1n) is 5.45. The summed E-state index contributed by atoms with van der Waals surface area (Å²) in [5, 5.41) is 2.08. The normalized spacial score (nSPS) is 14.5. The van der Waals surface area contributed by atoms with Gasteiger partial charge in [0.15, 0.2) is 0 Å². The lowest BCUT2D eigenvalue weighted by Gasteiger charge is -2.26. The van der Waals surface area contributed by atoms with Gasteiger partial charge < -0.3 is 4.90 Å². The van der Waals surface area contributed by atoms with E-state index < -0.39 is 0 Å². The van der Waals surface area contributed by atoms with Crippen LogP contribution in [0.15, 0.2) is 30.0 Å². The van der Waals surface area contributed by atoms with E-state index in [1.54, 1.807) is 23.7 Å². The van der Waals surface area contributed by atoms with E-state index in [9.17, 15) is 4.79 Å². The Kier molecular flexibility index (Phi) is 2.60. The molecule has 0 saturated heterocycles. The number of nitrogens with zero attached hydrogens (tertiary/aromatic N) is 3. The highest BCUT2D eigenvalue weighted by atomic mass is 32.1. The smallest absolute Gasteiger partial charge is 0.274 e. The number of fused-ring (bicyclic) bond motifs is 1. The maximum Gasteiger partial charge on any atom is 0.274 e. The fraction of sp³-hybridized carbons (Fsp3) is 0.250. The van der Waals surface area contributed by atoms with E-state index in [0.717, 1.165) is 13.0 Å². The highest BCUT2D eigenvalue weighted by Crippen LogP contribution is 2.24. The van der Waals surface area contributed by atoms with Gasteiger partial charge in [0.05, 0.1) is 6.20 Å². The Labute approximate surface area is 103 Å². The zero-order chi connectivity index (χ0) is 11.7. The zero-order valence-electron chi connectivity index (χ0n) is 9.17. The summed E-state index contributed by atoms with van der Waals surface area (Å²) < 4.78 is 0. The highest BCUT2D eigenvalue weighted by molar-refractivity contribution is 7.10. The Hall–Kier alpha value is -1.75. The largest absolute Gasteiger partial charge is 0.333 e. The molecule has 1 amide bonds. The lowest BCUT2D eigenvalue weighted by molar-refractivity contribution is 0.0729. The lowest BCUT2D eigenvalue weighted by atomic mass is 10.1. The van der Waals surface area contributed by atoms with Crippen LogP contribution in [0, 0.1) is 0 Å². The van der Waals surface area contributed by atoms with Gasteiger partial charge in [0.2, 0.25) is 0 Å². The highest BCUT2D eigenvalue weighted by Gasteiger charge is 2.23. The first kappa shape index (κ1) is 10.4. The third kappa shape index (κ3) is 1.93. The summed E-state index contributed by atoms with van der Waals surface area (Å²) in [7, 11) is 0. The number of rotatable bonds is 1. The minimum absolute atomic E-state index is 0.0325. The second-order valence-electron chi connectivity index (χ2n) is 3.94. The number of carbonyl (C=O) groups is 1. The second-order valence-corrected chi connectivity index (χ2v) is 4.94. The molecule has 0 saturated carbocycles. The van der Waals surface area contributed by atoms with Crippen molar-refractivity contribution in [1.29, 1.82) is 0 Å². The van der Waals surface area contributed by atoms with Crippen molar-refractivity contribution in [2.75, 3.05) is 6.54 Å². The van der Waals surface area contributed by atoms with Crippen LogP contribution in [-0.2, 0) is 13.0 Å². The maximum atomic E-state index is 12.2. The van der Waals surface area contributed by atoms with Gasteiger partial charge in [0, 0.05) is 30.4 Å². The molecule has 0 unspecified atom stereocenters. The SMILES string of the molecule is O=C(c1cnccn1)N1CCc2sccc2C1. The summed E-state index contributed by atoms with van der Waals surface area (Å²) in [5.41, 5.74) is 1.68. The summed E-state index contributed by atoms with van der Waals surface area (Å²) in [5.74, 6) is -0.0325. The second kappa shape index (κ2) is 4.25. The van der Waals surface area contributed by atoms with Crippen molar-refractivity contribution in [3.05, 3.63) is 46.2 Å². The fourth-order valence-electron chi connectivity index (χ4n) is 1.99. The molecule has 0 aromatic carbocycles. The Morgan fingerprint density at radius 1 is 1.41 bits per heavy atom. The van der Waals surface area contributed by atoms with Crippen molar-refractivity contribution in [1.82, 2.24) is 14.9 Å². The summed E-state index contributed by atoms with van der Waals surface area (Å²) in [6.07, 6.45) is 5.58. The quantitative estimate of drug-likeness (QED) is 0.768. The molecule has 5 heteroatoms. The number of amides is 1. The first-order valence-corrected chi connectivity index (χ1v) is 6.33. The predicted octanol–water partition coefficient (Wildman–Crippen LogP) is 1.74. The predicted molar refractivity (Wildman–Crippen MR) is 64.8 cm³/mol. The van der Waals surface area contributed by atoms with Crippen LogP contribution in [0.1, 0.15) is 20.9 Å². The molecule has 3 rings (SSSR count). The molecule has 1 aliphatic rings. The van der Waals surface area contributed by atoms with Gasteiger partial charge in [-0.25, -0.2) is 4.98 Å². The van der Waals surface area contributed by atoms with Gasteiger partial charge in [0.25, 0.3) is 5.91 Å². The van der Waals surface area contributed by atoms with Gasteiger partial charge in [0.1, 0.15) is 5.69 Å². The number of carbonyl (C=O) groups excluding carboxylic acids is 1. The van der Waals surface area contributed by atoms with E-state index in [-0.39, 0.29) is 5.91 Å². The van der Waals surface area contributed by atoms with Crippen LogP contribution >= 0.6 is 11.3 Å². The van der Waals surface area contributed by atoms with E-state index in [4.69, 9.17) is 0 Å². The molecule has 4 nitrogen and oxygen atoms in total. The molecule has 86 valence electrons. The van der Waals surface area contributed by atoms with Crippen LogP contribution in [-0.4, -0.2) is 27.3 Å². The number of thiophene rings is 1. The third-order valence-corrected chi connectivity index (χ3v) is 3.90. The molecule has 0 radical (unpaired) electrons. The molecule has 0 atom stereocenters. The lowest BCUT2D eigenvalue weighted by Crippen LogP contribution is -2.35. The molecule has 0 fully saturated rings. The molecule has 0 bridgehead atoms. The first-order chi connectivity index (χ1) is 8.34. The van der Waals surface area contributed by atoms with Crippen molar-refractivity contribution in [2.24, 2.45) is 0 Å². The maximum absolute atomic E-state index is 12.2. The van der Waals surface area contributed by atoms with Gasteiger partial charge in [-0.15, -0.1) is 11.3 Å². The molecule has 0 N–H and O–H groups in total. The van der Waals surface area contributed by atoms with Crippen LogP contribution in [0.4, 0.5) is 0 Å². The van der Waals surface area contributed by atoms with Gasteiger partial charge in [-0.3, -0.25) is 9.78 Å². The molecular weight excluding hydrogens is 234 g/mol. The van der Waals surface area contributed by atoms with Crippen LogP contribution in [0.5, 0.6) is 0 Å². The molecule has 17 heavy (non-hydrogen) atoms. The van der Waals surface area contributed by atoms with E-state index >= 15 is 0 Å². The van der Waals surface area contributed by atoms with Gasteiger partial charge in [-0.2, -0.15) is 0 Å². The minimum Gasteiger partial charge on any atom is -0.333 e. The van der Waals surface area contributed by atoms with E-state index in [1.165, 1.54) is 16.6 Å².